The van der Waals surface area contributed by atoms with Crippen LogP contribution in [0.3, 0.4) is 0 Å². The molecule has 3 heterocycles. The summed E-state index contributed by atoms with van der Waals surface area (Å²) < 4.78 is 13.7. The number of hydrogen-bond donors (Lipinski definition) is 0. The first-order chi connectivity index (χ1) is 16.1. The van der Waals surface area contributed by atoms with Crippen LogP contribution in [0, 0.1) is 0 Å². The first-order valence-corrected chi connectivity index (χ1v) is 10.5. The number of methoxy groups -OCH3 is 2. The summed E-state index contributed by atoms with van der Waals surface area (Å²) in [6.45, 7) is 0.545. The van der Waals surface area contributed by atoms with Crippen molar-refractivity contribution in [1.29, 1.82) is 0 Å². The van der Waals surface area contributed by atoms with E-state index in [0.717, 1.165) is 16.7 Å². The molecule has 0 unspecified atom stereocenters. The average Bonchev–Trinajstić information content (AvgIpc) is 3.20. The second-order valence-corrected chi connectivity index (χ2v) is 7.80. The largest absolute Gasteiger partial charge is 0.496 e. The molecule has 0 spiro atoms. The highest BCUT2D eigenvalue weighted by Gasteiger charge is 2.20. The van der Waals surface area contributed by atoms with Crippen molar-refractivity contribution >= 4 is 28.4 Å². The van der Waals surface area contributed by atoms with Crippen molar-refractivity contribution in [2.45, 2.75) is 13.2 Å². The van der Waals surface area contributed by atoms with E-state index in [1.54, 1.807) is 26.4 Å². The average molecular weight is 463 g/mol. The number of ether oxygens (including phenoxy) is 2. The van der Waals surface area contributed by atoms with Gasteiger partial charge < -0.3 is 9.47 Å². The third-order valence-corrected chi connectivity index (χ3v) is 5.57. The fourth-order valence-corrected chi connectivity index (χ4v) is 3.91. The van der Waals surface area contributed by atoms with Gasteiger partial charge in [-0.2, -0.15) is 9.61 Å². The van der Waals surface area contributed by atoms with Crippen LogP contribution in [0.5, 0.6) is 5.75 Å². The summed E-state index contributed by atoms with van der Waals surface area (Å²) in [5.41, 5.74) is 3.71. The molecule has 0 fully saturated rings. The minimum Gasteiger partial charge on any atom is -0.496 e. The summed E-state index contributed by atoms with van der Waals surface area (Å²) in [5, 5.41) is 13.8. The maximum Gasteiger partial charge on any atom is 0.283 e. The SMILES string of the molecule is COCc1nn2c(nnc3c(=O)n(Cc4ccccc4OC)cnc32)c1-c1ccc(Cl)cc1. The van der Waals surface area contributed by atoms with E-state index < -0.39 is 0 Å². The lowest BCUT2D eigenvalue weighted by Crippen LogP contribution is -2.23. The van der Waals surface area contributed by atoms with E-state index in [1.165, 1.54) is 15.4 Å². The number of fused-ring (bicyclic) bond motifs is 3. The van der Waals surface area contributed by atoms with E-state index in [1.807, 2.05) is 36.4 Å². The molecule has 0 atom stereocenters. The molecule has 5 aromatic rings. The topological polar surface area (TPSA) is 96.4 Å². The van der Waals surface area contributed by atoms with Crippen LogP contribution < -0.4 is 10.3 Å². The Kier molecular flexibility index (Phi) is 5.49. The molecular formula is C23H19ClN6O3. The van der Waals surface area contributed by atoms with Crippen LogP contribution in [-0.4, -0.2) is 43.6 Å². The lowest BCUT2D eigenvalue weighted by Gasteiger charge is -2.10. The third kappa shape index (κ3) is 3.71. The number of hydrogen-bond acceptors (Lipinski definition) is 7. The van der Waals surface area contributed by atoms with Crippen LogP contribution in [0.2, 0.25) is 5.02 Å². The third-order valence-electron chi connectivity index (χ3n) is 5.32. The maximum atomic E-state index is 13.2. The van der Waals surface area contributed by atoms with Crippen LogP contribution in [0.4, 0.5) is 0 Å². The van der Waals surface area contributed by atoms with Gasteiger partial charge in [-0.3, -0.25) is 9.36 Å². The van der Waals surface area contributed by atoms with E-state index >= 15 is 0 Å². The quantitative estimate of drug-likeness (QED) is 0.381. The van der Waals surface area contributed by atoms with E-state index in [-0.39, 0.29) is 24.2 Å². The van der Waals surface area contributed by atoms with E-state index in [4.69, 9.17) is 21.1 Å². The van der Waals surface area contributed by atoms with Crippen molar-refractivity contribution in [3.05, 3.63) is 81.5 Å². The predicted molar refractivity (Wildman–Crippen MR) is 124 cm³/mol. The van der Waals surface area contributed by atoms with Crippen molar-refractivity contribution in [2.24, 2.45) is 0 Å². The first kappa shape index (κ1) is 21.0. The number of halogens is 1. The second kappa shape index (κ2) is 8.61. The molecular weight excluding hydrogens is 444 g/mol. The maximum absolute atomic E-state index is 13.2. The highest BCUT2D eigenvalue weighted by Crippen LogP contribution is 2.29. The van der Waals surface area contributed by atoms with Crippen molar-refractivity contribution in [2.75, 3.05) is 14.2 Å². The molecule has 0 amide bonds. The van der Waals surface area contributed by atoms with Gasteiger partial charge in [0.05, 0.1) is 31.5 Å². The molecule has 0 bridgehead atoms. The van der Waals surface area contributed by atoms with Gasteiger partial charge in [0.25, 0.3) is 5.56 Å². The number of para-hydroxylation sites is 1. The molecule has 0 aliphatic heterocycles. The van der Waals surface area contributed by atoms with Gasteiger partial charge in [0.15, 0.2) is 16.8 Å². The zero-order valence-electron chi connectivity index (χ0n) is 17.9. The van der Waals surface area contributed by atoms with E-state index in [9.17, 15) is 4.79 Å². The zero-order chi connectivity index (χ0) is 22.9. The zero-order valence-corrected chi connectivity index (χ0v) is 18.7. The standard InChI is InChI=1S/C23H19ClN6O3/c1-32-12-17-19(14-7-9-16(24)10-8-14)21-27-26-20-22(30(21)28-17)25-13-29(23(20)31)11-15-5-3-4-6-18(15)33-2/h3-10,13H,11-12H2,1-2H3. The fraction of sp³-hybridized carbons (Fsp3) is 0.174. The summed E-state index contributed by atoms with van der Waals surface area (Å²) in [4.78, 5) is 17.7. The molecule has 0 saturated heterocycles. The molecule has 0 aliphatic carbocycles. The minimum atomic E-state index is -0.322. The molecule has 5 rings (SSSR count). The van der Waals surface area contributed by atoms with Crippen molar-refractivity contribution < 1.29 is 9.47 Å². The van der Waals surface area contributed by atoms with Crippen molar-refractivity contribution in [3.63, 3.8) is 0 Å². The molecule has 0 N–H and O–H groups in total. The van der Waals surface area contributed by atoms with Gasteiger partial charge in [0.2, 0.25) is 0 Å². The minimum absolute atomic E-state index is 0.119. The van der Waals surface area contributed by atoms with Crippen molar-refractivity contribution in [1.82, 2.24) is 29.4 Å². The highest BCUT2D eigenvalue weighted by molar-refractivity contribution is 6.30. The van der Waals surface area contributed by atoms with Gasteiger partial charge in [0.1, 0.15) is 12.1 Å². The Morgan fingerprint density at radius 1 is 1.00 bits per heavy atom. The van der Waals surface area contributed by atoms with Gasteiger partial charge in [-0.1, -0.05) is 41.9 Å². The molecule has 0 radical (unpaired) electrons. The van der Waals surface area contributed by atoms with Gasteiger partial charge in [0, 0.05) is 17.7 Å². The number of rotatable bonds is 6. The first-order valence-electron chi connectivity index (χ1n) is 10.1. The number of aromatic nitrogens is 6. The Balaban J connectivity index is 1.67. The van der Waals surface area contributed by atoms with Crippen LogP contribution in [-0.2, 0) is 17.9 Å². The van der Waals surface area contributed by atoms with Gasteiger partial charge in [-0.25, -0.2) is 4.98 Å². The Bertz CT molecular complexity index is 1530. The van der Waals surface area contributed by atoms with Crippen LogP contribution in [0.1, 0.15) is 11.3 Å². The lowest BCUT2D eigenvalue weighted by atomic mass is 10.1. The van der Waals surface area contributed by atoms with Gasteiger partial charge in [-0.15, -0.1) is 10.2 Å². The number of nitrogens with zero attached hydrogens (tertiary/aromatic N) is 6. The molecule has 33 heavy (non-hydrogen) atoms. The molecule has 10 heteroatoms. The van der Waals surface area contributed by atoms with Crippen molar-refractivity contribution in [3.8, 4) is 16.9 Å². The fourth-order valence-electron chi connectivity index (χ4n) is 3.78. The summed E-state index contributed by atoms with van der Waals surface area (Å²) in [7, 11) is 3.18. The van der Waals surface area contributed by atoms with Gasteiger partial charge >= 0.3 is 0 Å². The molecule has 9 nitrogen and oxygen atoms in total. The monoisotopic (exact) mass is 462 g/mol. The van der Waals surface area contributed by atoms with Gasteiger partial charge in [-0.05, 0) is 23.8 Å². The van der Waals surface area contributed by atoms with E-state index in [0.29, 0.717) is 27.8 Å². The molecule has 0 saturated carbocycles. The van der Waals surface area contributed by atoms with Crippen LogP contribution in [0.25, 0.3) is 27.9 Å². The summed E-state index contributed by atoms with van der Waals surface area (Å²) in [5.74, 6) is 0.690. The number of benzene rings is 2. The Morgan fingerprint density at radius 2 is 1.79 bits per heavy atom. The summed E-state index contributed by atoms with van der Waals surface area (Å²) >= 11 is 6.05. The smallest absolute Gasteiger partial charge is 0.283 e. The predicted octanol–water partition coefficient (Wildman–Crippen LogP) is 3.36. The molecule has 3 aromatic heterocycles. The molecule has 166 valence electrons. The Labute approximate surface area is 193 Å². The Morgan fingerprint density at radius 3 is 2.55 bits per heavy atom. The second-order valence-electron chi connectivity index (χ2n) is 7.36. The Hall–Kier alpha value is -3.82. The van der Waals surface area contributed by atoms with Crippen LogP contribution in [0.15, 0.2) is 59.7 Å². The highest BCUT2D eigenvalue weighted by atomic mass is 35.5. The molecule has 2 aromatic carbocycles. The summed E-state index contributed by atoms with van der Waals surface area (Å²) in [6.07, 6.45) is 1.48. The van der Waals surface area contributed by atoms with Crippen LogP contribution >= 0.6 is 11.6 Å². The van der Waals surface area contributed by atoms with E-state index in [2.05, 4.69) is 20.3 Å². The normalized spacial score (nSPS) is 11.4. The lowest BCUT2D eigenvalue weighted by molar-refractivity contribution is 0.181. The molecule has 0 aliphatic rings. The summed E-state index contributed by atoms with van der Waals surface area (Å²) in [6, 6.07) is 14.8.